The number of carboxylic acid groups (broad SMARTS) is 1. The molecule has 6 heteroatoms. The molecule has 0 bridgehead atoms. The van der Waals surface area contributed by atoms with Gasteiger partial charge in [-0.3, -0.25) is 9.00 Å². The van der Waals surface area contributed by atoms with Gasteiger partial charge in [0.2, 0.25) is 0 Å². The van der Waals surface area contributed by atoms with Gasteiger partial charge < -0.3 is 9.84 Å². The van der Waals surface area contributed by atoms with E-state index in [2.05, 4.69) is 0 Å². The fourth-order valence-corrected chi connectivity index (χ4v) is 2.56. The van der Waals surface area contributed by atoms with E-state index in [0.29, 0.717) is 6.42 Å². The van der Waals surface area contributed by atoms with Crippen molar-refractivity contribution in [2.45, 2.75) is 44.3 Å². The van der Waals surface area contributed by atoms with Crippen LogP contribution in [0, 0.1) is 0 Å². The Balaban J connectivity index is 2.63. The molecule has 0 amide bonds. The Bertz CT molecular complexity index is 523. The highest BCUT2D eigenvalue weighted by Gasteiger charge is 2.23. The summed E-state index contributed by atoms with van der Waals surface area (Å²) in [4.78, 5) is 22.5. The van der Waals surface area contributed by atoms with E-state index in [4.69, 9.17) is 9.84 Å². The van der Waals surface area contributed by atoms with Crippen LogP contribution < -0.4 is 0 Å². The highest BCUT2D eigenvalue weighted by Crippen LogP contribution is 2.11. The van der Waals surface area contributed by atoms with Gasteiger partial charge in [0.1, 0.15) is 5.25 Å². The number of ether oxygens (including phenoxy) is 1. The van der Waals surface area contributed by atoms with Crippen molar-refractivity contribution in [2.75, 3.05) is 0 Å². The zero-order valence-corrected chi connectivity index (χ0v) is 13.2. The van der Waals surface area contributed by atoms with E-state index in [-0.39, 0.29) is 17.4 Å². The summed E-state index contributed by atoms with van der Waals surface area (Å²) in [5, 5.41) is 8.09. The van der Waals surface area contributed by atoms with Crippen molar-refractivity contribution in [3.63, 3.8) is 0 Å². The molecule has 0 aromatic heterocycles. The molecule has 0 spiro atoms. The van der Waals surface area contributed by atoms with E-state index < -0.39 is 28.0 Å². The Hall–Kier alpha value is -1.69. The van der Waals surface area contributed by atoms with Crippen molar-refractivity contribution in [1.82, 2.24) is 0 Å². The van der Waals surface area contributed by atoms with Gasteiger partial charge in [0.05, 0.1) is 11.7 Å². The molecule has 1 aromatic carbocycles. The first-order valence-electron chi connectivity index (χ1n) is 6.75. The van der Waals surface area contributed by atoms with Crippen LogP contribution in [-0.2, 0) is 26.1 Å². The highest BCUT2D eigenvalue weighted by atomic mass is 32.2. The molecule has 116 valence electrons. The fourth-order valence-electron chi connectivity index (χ4n) is 1.52. The number of benzene rings is 1. The normalized spacial score (nSPS) is 15.0. The van der Waals surface area contributed by atoms with Crippen molar-refractivity contribution in [1.29, 1.82) is 0 Å². The molecule has 3 unspecified atom stereocenters. The summed E-state index contributed by atoms with van der Waals surface area (Å²) in [5.74, 6) is -1.28. The van der Waals surface area contributed by atoms with Crippen LogP contribution >= 0.6 is 0 Å². The second-order valence-corrected chi connectivity index (χ2v) is 6.58. The maximum absolute atomic E-state index is 12.1. The molecule has 0 aliphatic rings. The second-order valence-electron chi connectivity index (χ2n) is 4.83. The summed E-state index contributed by atoms with van der Waals surface area (Å²) in [6.07, 6.45) is 0.522. The highest BCUT2D eigenvalue weighted by molar-refractivity contribution is 7.85. The Labute approximate surface area is 126 Å². The van der Waals surface area contributed by atoms with Crippen LogP contribution in [0.1, 0.15) is 43.1 Å². The SMILES string of the molecule is CCC(C)OC(=O)C(C)S(=O)Cc1ccc(C(=O)O)cc1. The maximum Gasteiger partial charge on any atom is 0.335 e. The third-order valence-corrected chi connectivity index (χ3v) is 4.73. The van der Waals surface area contributed by atoms with E-state index in [9.17, 15) is 13.8 Å². The van der Waals surface area contributed by atoms with Gasteiger partial charge in [-0.1, -0.05) is 19.1 Å². The molecule has 0 heterocycles. The zero-order chi connectivity index (χ0) is 16.0. The van der Waals surface area contributed by atoms with Crippen LogP contribution in [0.25, 0.3) is 0 Å². The summed E-state index contributed by atoms with van der Waals surface area (Å²) < 4.78 is 17.3. The molecular formula is C15H20O5S. The molecule has 0 saturated carbocycles. The summed E-state index contributed by atoms with van der Waals surface area (Å²) in [7, 11) is -1.40. The number of hydrogen-bond donors (Lipinski definition) is 1. The first-order chi connectivity index (χ1) is 9.85. The van der Waals surface area contributed by atoms with E-state index >= 15 is 0 Å². The smallest absolute Gasteiger partial charge is 0.335 e. The lowest BCUT2D eigenvalue weighted by Gasteiger charge is -2.15. The lowest BCUT2D eigenvalue weighted by molar-refractivity contribution is -0.147. The van der Waals surface area contributed by atoms with Crippen LogP contribution in [-0.4, -0.2) is 32.6 Å². The summed E-state index contributed by atoms with van der Waals surface area (Å²) in [5.41, 5.74) is 0.898. The van der Waals surface area contributed by atoms with Gasteiger partial charge >= 0.3 is 11.9 Å². The van der Waals surface area contributed by atoms with Crippen molar-refractivity contribution in [3.05, 3.63) is 35.4 Å². The van der Waals surface area contributed by atoms with Gasteiger partial charge in [-0.15, -0.1) is 0 Å². The van der Waals surface area contributed by atoms with Gasteiger partial charge in [-0.2, -0.15) is 0 Å². The summed E-state index contributed by atoms with van der Waals surface area (Å²) in [6.45, 7) is 5.27. The topological polar surface area (TPSA) is 80.7 Å². The molecular weight excluding hydrogens is 292 g/mol. The molecule has 1 rings (SSSR count). The number of aromatic carboxylic acids is 1. The van der Waals surface area contributed by atoms with Crippen molar-refractivity contribution < 1.29 is 23.6 Å². The average Bonchev–Trinajstić information content (AvgIpc) is 2.46. The van der Waals surface area contributed by atoms with Gasteiger partial charge in [-0.25, -0.2) is 4.79 Å². The minimum absolute atomic E-state index is 0.175. The molecule has 5 nitrogen and oxygen atoms in total. The van der Waals surface area contributed by atoms with Crippen LogP contribution in [0.15, 0.2) is 24.3 Å². The lowest BCUT2D eigenvalue weighted by Crippen LogP contribution is -2.28. The lowest BCUT2D eigenvalue weighted by atomic mass is 10.1. The molecule has 0 saturated heterocycles. The monoisotopic (exact) mass is 312 g/mol. The Morgan fingerprint density at radius 3 is 2.29 bits per heavy atom. The molecule has 0 radical (unpaired) electrons. The van der Waals surface area contributed by atoms with Gasteiger partial charge in [-0.05, 0) is 38.0 Å². The first kappa shape index (κ1) is 17.4. The van der Waals surface area contributed by atoms with Gasteiger partial charge in [0.15, 0.2) is 0 Å². The maximum atomic E-state index is 12.1. The van der Waals surface area contributed by atoms with Crippen LogP contribution in [0.3, 0.4) is 0 Å². The number of esters is 1. The van der Waals surface area contributed by atoms with Crippen LogP contribution in [0.5, 0.6) is 0 Å². The number of hydrogen-bond acceptors (Lipinski definition) is 4. The molecule has 3 atom stereocenters. The third-order valence-electron chi connectivity index (χ3n) is 3.13. The van der Waals surface area contributed by atoms with Gasteiger partial charge in [0, 0.05) is 16.6 Å². The van der Waals surface area contributed by atoms with Crippen molar-refractivity contribution in [2.24, 2.45) is 0 Å². The van der Waals surface area contributed by atoms with Crippen molar-refractivity contribution in [3.8, 4) is 0 Å². The largest absolute Gasteiger partial charge is 0.478 e. The first-order valence-corrected chi connectivity index (χ1v) is 8.13. The Kier molecular flexibility index (Phi) is 6.55. The van der Waals surface area contributed by atoms with E-state index in [1.54, 1.807) is 26.0 Å². The van der Waals surface area contributed by atoms with E-state index in [1.807, 2.05) is 6.92 Å². The second kappa shape index (κ2) is 7.93. The number of carboxylic acids is 1. The number of carbonyl (C=O) groups excluding carboxylic acids is 1. The summed E-state index contributed by atoms with van der Waals surface area (Å²) in [6, 6.07) is 6.12. The van der Waals surface area contributed by atoms with Crippen LogP contribution in [0.4, 0.5) is 0 Å². The predicted octanol–water partition coefficient (Wildman–Crippen LogP) is 2.36. The molecule has 0 aliphatic carbocycles. The van der Waals surface area contributed by atoms with Gasteiger partial charge in [0.25, 0.3) is 0 Å². The molecule has 21 heavy (non-hydrogen) atoms. The Morgan fingerprint density at radius 2 is 1.81 bits per heavy atom. The molecule has 0 aliphatic heterocycles. The number of carbonyl (C=O) groups is 2. The van der Waals surface area contributed by atoms with E-state index in [0.717, 1.165) is 5.56 Å². The molecule has 1 aromatic rings. The predicted molar refractivity (Wildman–Crippen MR) is 80.6 cm³/mol. The van der Waals surface area contributed by atoms with Crippen molar-refractivity contribution >= 4 is 22.7 Å². The van der Waals surface area contributed by atoms with E-state index in [1.165, 1.54) is 12.1 Å². The quantitative estimate of drug-likeness (QED) is 0.782. The standard InChI is InChI=1S/C15H20O5S/c1-4-10(2)20-15(18)11(3)21(19)9-12-5-7-13(8-6-12)14(16)17/h5-8,10-11H,4,9H2,1-3H3,(H,16,17). The zero-order valence-electron chi connectivity index (χ0n) is 12.4. The minimum atomic E-state index is -1.40. The molecule has 0 fully saturated rings. The average molecular weight is 312 g/mol. The minimum Gasteiger partial charge on any atom is -0.478 e. The van der Waals surface area contributed by atoms with Crippen LogP contribution in [0.2, 0.25) is 0 Å². The Morgan fingerprint density at radius 1 is 1.24 bits per heavy atom. The third kappa shape index (κ3) is 5.30. The summed E-state index contributed by atoms with van der Waals surface area (Å²) >= 11 is 0. The molecule has 1 N–H and O–H groups in total. The number of rotatable bonds is 7. The fraction of sp³-hybridized carbons (Fsp3) is 0.467.